The van der Waals surface area contributed by atoms with Crippen LogP contribution in [0.5, 0.6) is 0 Å². The van der Waals surface area contributed by atoms with Crippen LogP contribution in [0.15, 0.2) is 23.7 Å². The molecule has 7 heteroatoms. The molecule has 2 N–H and O–H groups in total. The first kappa shape index (κ1) is 15.2. The Morgan fingerprint density at radius 2 is 2.32 bits per heavy atom. The molecule has 2 aromatic heterocycles. The average Bonchev–Trinajstić information content (AvgIpc) is 3.26. The quantitative estimate of drug-likeness (QED) is 0.848. The van der Waals surface area contributed by atoms with E-state index in [0.29, 0.717) is 12.5 Å². The molecular weight excluding hydrogens is 300 g/mol. The lowest BCUT2D eigenvalue weighted by molar-refractivity contribution is 0.0836. The van der Waals surface area contributed by atoms with Gasteiger partial charge in [-0.2, -0.15) is 0 Å². The number of carbonyl (C=O) groups is 1. The van der Waals surface area contributed by atoms with Crippen molar-refractivity contribution in [2.24, 2.45) is 5.92 Å². The van der Waals surface area contributed by atoms with Crippen molar-refractivity contribution in [3.05, 3.63) is 34.3 Å². The molecule has 1 amide bonds. The summed E-state index contributed by atoms with van der Waals surface area (Å²) in [4.78, 5) is 13.2. The van der Waals surface area contributed by atoms with Gasteiger partial charge >= 0.3 is 0 Å². The largest absolute Gasteiger partial charge is 0.391 e. The van der Waals surface area contributed by atoms with E-state index in [1.165, 1.54) is 12.8 Å². The van der Waals surface area contributed by atoms with Crippen molar-refractivity contribution >= 4 is 17.2 Å². The summed E-state index contributed by atoms with van der Waals surface area (Å²) in [5.41, 5.74) is 0.287. The monoisotopic (exact) mass is 320 g/mol. The van der Waals surface area contributed by atoms with Gasteiger partial charge in [0, 0.05) is 11.4 Å². The maximum absolute atomic E-state index is 12.0. The summed E-state index contributed by atoms with van der Waals surface area (Å²) in [5.74, 6) is 0.0317. The zero-order chi connectivity index (χ0) is 15.4. The van der Waals surface area contributed by atoms with E-state index >= 15 is 0 Å². The first-order chi connectivity index (χ1) is 10.7. The Kier molecular flexibility index (Phi) is 4.84. The SMILES string of the molecule is O=C(NCC(O)C1CCCC1)c1cn(Cc2cccs2)nn1. The Bertz CT molecular complexity index is 605. The van der Waals surface area contributed by atoms with Crippen molar-refractivity contribution in [3.63, 3.8) is 0 Å². The topological polar surface area (TPSA) is 80.0 Å². The summed E-state index contributed by atoms with van der Waals surface area (Å²) in [6.45, 7) is 0.893. The second kappa shape index (κ2) is 7.02. The van der Waals surface area contributed by atoms with Crippen LogP contribution < -0.4 is 5.32 Å². The summed E-state index contributed by atoms with van der Waals surface area (Å²) in [6, 6.07) is 4.00. The van der Waals surface area contributed by atoms with Gasteiger partial charge in [-0.15, -0.1) is 16.4 Å². The number of hydrogen-bond acceptors (Lipinski definition) is 5. The molecule has 0 aliphatic heterocycles. The number of aliphatic hydroxyl groups is 1. The van der Waals surface area contributed by atoms with E-state index in [9.17, 15) is 9.90 Å². The fourth-order valence-corrected chi connectivity index (χ4v) is 3.53. The molecule has 0 saturated heterocycles. The molecule has 1 fully saturated rings. The average molecular weight is 320 g/mol. The van der Waals surface area contributed by atoms with E-state index < -0.39 is 6.10 Å². The van der Waals surface area contributed by atoms with E-state index in [1.807, 2.05) is 17.5 Å². The normalized spacial score (nSPS) is 16.8. The number of rotatable bonds is 6. The lowest BCUT2D eigenvalue weighted by Gasteiger charge is -2.17. The molecule has 1 unspecified atom stereocenters. The second-order valence-corrected chi connectivity index (χ2v) is 6.73. The van der Waals surface area contributed by atoms with E-state index in [2.05, 4.69) is 15.6 Å². The molecule has 1 saturated carbocycles. The van der Waals surface area contributed by atoms with Crippen molar-refractivity contribution in [1.29, 1.82) is 0 Å². The Hall–Kier alpha value is -1.73. The Labute approximate surface area is 133 Å². The van der Waals surface area contributed by atoms with Gasteiger partial charge in [0.15, 0.2) is 5.69 Å². The lowest BCUT2D eigenvalue weighted by Crippen LogP contribution is -2.35. The van der Waals surface area contributed by atoms with Crippen LogP contribution in [0, 0.1) is 5.92 Å². The second-order valence-electron chi connectivity index (χ2n) is 5.70. The lowest BCUT2D eigenvalue weighted by atomic mass is 10.0. The van der Waals surface area contributed by atoms with E-state index in [0.717, 1.165) is 17.7 Å². The minimum atomic E-state index is -0.465. The van der Waals surface area contributed by atoms with Crippen LogP contribution >= 0.6 is 11.3 Å². The number of thiophene rings is 1. The summed E-state index contributed by atoms with van der Waals surface area (Å²) in [7, 11) is 0. The summed E-state index contributed by atoms with van der Waals surface area (Å²) >= 11 is 1.64. The molecule has 6 nitrogen and oxygen atoms in total. The fraction of sp³-hybridized carbons (Fsp3) is 0.533. The third kappa shape index (κ3) is 3.72. The van der Waals surface area contributed by atoms with Gasteiger partial charge in [0.2, 0.25) is 0 Å². The molecule has 1 aliphatic carbocycles. The Morgan fingerprint density at radius 3 is 3.05 bits per heavy atom. The van der Waals surface area contributed by atoms with Gasteiger partial charge < -0.3 is 10.4 Å². The maximum atomic E-state index is 12.0. The van der Waals surface area contributed by atoms with Crippen LogP contribution in [-0.2, 0) is 6.54 Å². The summed E-state index contributed by atoms with van der Waals surface area (Å²) in [5, 5.41) is 22.7. The van der Waals surface area contributed by atoms with Crippen molar-refractivity contribution < 1.29 is 9.90 Å². The third-order valence-electron chi connectivity index (χ3n) is 4.08. The van der Waals surface area contributed by atoms with Crippen LogP contribution in [0.4, 0.5) is 0 Å². The Morgan fingerprint density at radius 1 is 1.50 bits per heavy atom. The summed E-state index contributed by atoms with van der Waals surface area (Å²) in [6.07, 6.45) is 5.62. The smallest absolute Gasteiger partial charge is 0.273 e. The van der Waals surface area contributed by atoms with Gasteiger partial charge in [-0.25, -0.2) is 4.68 Å². The molecule has 0 spiro atoms. The van der Waals surface area contributed by atoms with E-state index in [-0.39, 0.29) is 18.1 Å². The van der Waals surface area contributed by atoms with Crippen LogP contribution in [0.3, 0.4) is 0 Å². The zero-order valence-electron chi connectivity index (χ0n) is 12.3. The van der Waals surface area contributed by atoms with Crippen LogP contribution in [-0.4, -0.2) is 38.7 Å². The third-order valence-corrected chi connectivity index (χ3v) is 4.95. The predicted molar refractivity (Wildman–Crippen MR) is 83.7 cm³/mol. The predicted octanol–water partition coefficient (Wildman–Crippen LogP) is 1.67. The van der Waals surface area contributed by atoms with E-state index in [4.69, 9.17) is 0 Å². The van der Waals surface area contributed by atoms with Gasteiger partial charge in [0.05, 0.1) is 18.8 Å². The number of hydrogen-bond donors (Lipinski definition) is 2. The molecular formula is C15H20N4O2S. The molecule has 0 radical (unpaired) electrons. The standard InChI is InChI=1S/C15H20N4O2S/c20-14(11-4-1-2-5-11)8-16-15(21)13-10-19(18-17-13)9-12-6-3-7-22-12/h3,6-7,10-11,14,20H,1-2,4-5,8-9H2,(H,16,21). The van der Waals surface area contributed by atoms with Crippen molar-refractivity contribution in [3.8, 4) is 0 Å². The highest BCUT2D eigenvalue weighted by molar-refractivity contribution is 7.09. The van der Waals surface area contributed by atoms with E-state index in [1.54, 1.807) is 22.2 Å². The number of aromatic nitrogens is 3. The highest BCUT2D eigenvalue weighted by Gasteiger charge is 2.23. The molecule has 0 bridgehead atoms. The van der Waals surface area contributed by atoms with Gasteiger partial charge in [0.1, 0.15) is 0 Å². The maximum Gasteiger partial charge on any atom is 0.273 e. The minimum absolute atomic E-state index is 0.279. The highest BCUT2D eigenvalue weighted by Crippen LogP contribution is 2.27. The molecule has 0 aromatic carbocycles. The number of amides is 1. The molecule has 1 aliphatic rings. The number of nitrogens with zero attached hydrogens (tertiary/aromatic N) is 3. The molecule has 3 rings (SSSR count). The summed E-state index contributed by atoms with van der Waals surface area (Å²) < 4.78 is 1.65. The highest BCUT2D eigenvalue weighted by atomic mass is 32.1. The van der Waals surface area contributed by atoms with Gasteiger partial charge in [-0.1, -0.05) is 24.1 Å². The van der Waals surface area contributed by atoms with Crippen LogP contribution in [0.25, 0.3) is 0 Å². The van der Waals surface area contributed by atoms with Crippen molar-refractivity contribution in [2.45, 2.75) is 38.3 Å². The van der Waals surface area contributed by atoms with Crippen molar-refractivity contribution in [2.75, 3.05) is 6.54 Å². The van der Waals surface area contributed by atoms with Crippen molar-refractivity contribution in [1.82, 2.24) is 20.3 Å². The van der Waals surface area contributed by atoms with Crippen LogP contribution in [0.2, 0.25) is 0 Å². The fourth-order valence-electron chi connectivity index (χ4n) is 2.84. The van der Waals surface area contributed by atoms with Gasteiger partial charge in [0.25, 0.3) is 5.91 Å². The van der Waals surface area contributed by atoms with Gasteiger partial charge in [-0.3, -0.25) is 4.79 Å². The Balaban J connectivity index is 1.50. The number of nitrogens with one attached hydrogen (secondary N) is 1. The zero-order valence-corrected chi connectivity index (χ0v) is 13.1. The first-order valence-electron chi connectivity index (χ1n) is 7.61. The first-order valence-corrected chi connectivity index (χ1v) is 8.49. The van der Waals surface area contributed by atoms with Crippen LogP contribution in [0.1, 0.15) is 41.0 Å². The minimum Gasteiger partial charge on any atom is -0.391 e. The molecule has 22 heavy (non-hydrogen) atoms. The number of aliphatic hydroxyl groups excluding tert-OH is 1. The number of carbonyl (C=O) groups excluding carboxylic acids is 1. The molecule has 118 valence electrons. The molecule has 2 heterocycles. The molecule has 1 atom stereocenters. The van der Waals surface area contributed by atoms with Gasteiger partial charge in [-0.05, 0) is 30.2 Å². The molecule has 2 aromatic rings.